The van der Waals surface area contributed by atoms with E-state index in [0.717, 1.165) is 31.9 Å². The van der Waals surface area contributed by atoms with Gasteiger partial charge in [-0.2, -0.15) is 5.10 Å². The number of rotatable bonds is 7. The third-order valence-electron chi connectivity index (χ3n) is 3.38. The number of nitrogens with one attached hydrogen (secondary N) is 1. The van der Waals surface area contributed by atoms with Gasteiger partial charge in [-0.25, -0.2) is 4.98 Å². The molecule has 0 aromatic carbocycles. The van der Waals surface area contributed by atoms with Crippen molar-refractivity contribution in [3.8, 4) is 0 Å². The summed E-state index contributed by atoms with van der Waals surface area (Å²) >= 11 is 0. The van der Waals surface area contributed by atoms with E-state index in [2.05, 4.69) is 15.4 Å². The van der Waals surface area contributed by atoms with E-state index in [1.165, 1.54) is 12.8 Å². The van der Waals surface area contributed by atoms with Crippen molar-refractivity contribution >= 4 is 0 Å². The molecule has 0 atom stereocenters. The van der Waals surface area contributed by atoms with E-state index >= 15 is 0 Å². The lowest BCUT2D eigenvalue weighted by Gasteiger charge is -2.15. The molecule has 16 heavy (non-hydrogen) atoms. The molecule has 1 N–H and O–H groups in total. The molecule has 5 heteroatoms. The Morgan fingerprint density at radius 2 is 2.38 bits per heavy atom. The number of hydrogen-bond donors (Lipinski definition) is 1. The average Bonchev–Trinajstić information content (AvgIpc) is 2.94. The van der Waals surface area contributed by atoms with Crippen LogP contribution in [0.3, 0.4) is 0 Å². The highest BCUT2D eigenvalue weighted by atomic mass is 16.5. The van der Waals surface area contributed by atoms with Gasteiger partial charge in [0.25, 0.3) is 0 Å². The van der Waals surface area contributed by atoms with E-state index in [4.69, 9.17) is 4.74 Å². The zero-order valence-corrected chi connectivity index (χ0v) is 10.1. The lowest BCUT2D eigenvalue weighted by molar-refractivity contribution is 0.171. The van der Waals surface area contributed by atoms with Gasteiger partial charge >= 0.3 is 0 Å². The van der Waals surface area contributed by atoms with Gasteiger partial charge in [-0.3, -0.25) is 4.68 Å². The van der Waals surface area contributed by atoms with Gasteiger partial charge in [-0.1, -0.05) is 0 Å². The molecule has 2 rings (SSSR count). The Balaban J connectivity index is 1.70. The van der Waals surface area contributed by atoms with Crippen molar-refractivity contribution < 1.29 is 4.74 Å². The summed E-state index contributed by atoms with van der Waals surface area (Å²) in [5.74, 6) is 0.988. The fourth-order valence-electron chi connectivity index (χ4n) is 1.93. The van der Waals surface area contributed by atoms with E-state index in [-0.39, 0.29) is 0 Å². The topological polar surface area (TPSA) is 52.0 Å². The second-order valence-electron chi connectivity index (χ2n) is 4.65. The van der Waals surface area contributed by atoms with E-state index in [1.54, 1.807) is 13.4 Å². The van der Waals surface area contributed by atoms with Crippen LogP contribution in [0.15, 0.2) is 6.33 Å². The summed E-state index contributed by atoms with van der Waals surface area (Å²) in [6.45, 7) is 2.72. The van der Waals surface area contributed by atoms with Gasteiger partial charge in [0.2, 0.25) is 0 Å². The Morgan fingerprint density at radius 1 is 1.56 bits per heavy atom. The molecule has 0 bridgehead atoms. The van der Waals surface area contributed by atoms with Gasteiger partial charge in [0, 0.05) is 27.3 Å². The highest BCUT2D eigenvalue weighted by Crippen LogP contribution is 2.48. The lowest BCUT2D eigenvalue weighted by Crippen LogP contribution is -2.25. The van der Waals surface area contributed by atoms with E-state index < -0.39 is 0 Å². The van der Waals surface area contributed by atoms with Gasteiger partial charge < -0.3 is 10.1 Å². The molecular formula is C11H20N4O. The normalized spacial score (nSPS) is 17.6. The maximum atomic E-state index is 5.13. The molecule has 5 nitrogen and oxygen atoms in total. The molecule has 1 aromatic heterocycles. The van der Waals surface area contributed by atoms with Gasteiger partial charge in [-0.05, 0) is 24.7 Å². The molecule has 0 unspecified atom stereocenters. The molecule has 0 spiro atoms. The van der Waals surface area contributed by atoms with E-state index in [1.807, 2.05) is 11.7 Å². The minimum absolute atomic E-state index is 0.495. The molecule has 90 valence electrons. The first-order valence-corrected chi connectivity index (χ1v) is 5.78. The lowest BCUT2D eigenvalue weighted by atomic mass is 10.0. The number of ether oxygens (including phenoxy) is 1. The second kappa shape index (κ2) is 4.93. The van der Waals surface area contributed by atoms with Gasteiger partial charge in [0.05, 0.1) is 6.54 Å². The fraction of sp³-hybridized carbons (Fsp3) is 0.818. The van der Waals surface area contributed by atoms with Crippen LogP contribution in [0.2, 0.25) is 0 Å². The Bertz CT molecular complexity index is 332. The first-order chi connectivity index (χ1) is 7.76. The molecule has 1 saturated carbocycles. The first-order valence-electron chi connectivity index (χ1n) is 5.78. The molecule has 1 aliphatic rings. The molecule has 1 fully saturated rings. The highest BCUT2D eigenvalue weighted by molar-refractivity contribution is 4.95. The third-order valence-corrected chi connectivity index (χ3v) is 3.38. The average molecular weight is 224 g/mol. The highest BCUT2D eigenvalue weighted by Gasteiger charge is 2.41. The van der Waals surface area contributed by atoms with Crippen molar-refractivity contribution in [3.63, 3.8) is 0 Å². The predicted molar refractivity (Wildman–Crippen MR) is 60.9 cm³/mol. The Morgan fingerprint density at radius 3 is 2.94 bits per heavy atom. The summed E-state index contributed by atoms with van der Waals surface area (Å²) in [5, 5.41) is 7.50. The first kappa shape index (κ1) is 11.5. The summed E-state index contributed by atoms with van der Waals surface area (Å²) in [6.07, 6.45) is 5.40. The van der Waals surface area contributed by atoms with Crippen LogP contribution in [-0.4, -0.2) is 35.0 Å². The molecule has 1 aliphatic carbocycles. The van der Waals surface area contributed by atoms with E-state index in [9.17, 15) is 0 Å². The zero-order valence-electron chi connectivity index (χ0n) is 10.1. The van der Waals surface area contributed by atoms with Crippen molar-refractivity contribution in [2.75, 3.05) is 20.3 Å². The predicted octanol–water partition coefficient (Wildman–Crippen LogP) is 0.721. The van der Waals surface area contributed by atoms with Crippen molar-refractivity contribution in [3.05, 3.63) is 12.2 Å². The van der Waals surface area contributed by atoms with Gasteiger partial charge in [0.1, 0.15) is 12.2 Å². The number of nitrogens with zero attached hydrogens (tertiary/aromatic N) is 3. The molecule has 0 aliphatic heterocycles. The third kappa shape index (κ3) is 2.80. The van der Waals surface area contributed by atoms with Crippen LogP contribution in [0, 0.1) is 5.41 Å². The van der Waals surface area contributed by atoms with Crippen LogP contribution in [0.5, 0.6) is 0 Å². The summed E-state index contributed by atoms with van der Waals surface area (Å²) in [6, 6.07) is 0. The summed E-state index contributed by atoms with van der Waals surface area (Å²) in [5.41, 5.74) is 0.495. The summed E-state index contributed by atoms with van der Waals surface area (Å²) in [7, 11) is 3.69. The maximum Gasteiger partial charge on any atom is 0.140 e. The molecular weight excluding hydrogens is 204 g/mol. The molecule has 0 saturated heterocycles. The van der Waals surface area contributed by atoms with Crippen LogP contribution in [0.1, 0.15) is 25.1 Å². The van der Waals surface area contributed by atoms with Crippen LogP contribution in [0.25, 0.3) is 0 Å². The number of aryl methyl sites for hydroxylation is 1. The van der Waals surface area contributed by atoms with E-state index in [0.29, 0.717) is 5.41 Å². The summed E-state index contributed by atoms with van der Waals surface area (Å²) < 4.78 is 6.94. The fourth-order valence-corrected chi connectivity index (χ4v) is 1.93. The van der Waals surface area contributed by atoms with Crippen molar-refractivity contribution in [1.82, 2.24) is 20.1 Å². The maximum absolute atomic E-state index is 5.13. The van der Waals surface area contributed by atoms with Gasteiger partial charge in [0.15, 0.2) is 0 Å². The number of hydrogen-bond acceptors (Lipinski definition) is 4. The van der Waals surface area contributed by atoms with Gasteiger partial charge in [-0.15, -0.1) is 0 Å². The molecule has 1 aromatic rings. The largest absolute Gasteiger partial charge is 0.385 e. The Kier molecular flexibility index (Phi) is 3.56. The standard InChI is InChI=1S/C11H20N4O/c1-15-10(13-9-14-15)7-12-8-11(3-4-11)5-6-16-2/h9,12H,3-8H2,1-2H3. The van der Waals surface area contributed by atoms with Crippen molar-refractivity contribution in [2.45, 2.75) is 25.8 Å². The van der Waals surface area contributed by atoms with Crippen LogP contribution >= 0.6 is 0 Å². The second-order valence-corrected chi connectivity index (χ2v) is 4.65. The zero-order chi connectivity index (χ0) is 11.4. The van der Waals surface area contributed by atoms with Crippen LogP contribution in [-0.2, 0) is 18.3 Å². The summed E-state index contributed by atoms with van der Waals surface area (Å²) in [4.78, 5) is 4.18. The minimum Gasteiger partial charge on any atom is -0.385 e. The Hall–Kier alpha value is -0.940. The SMILES string of the molecule is COCCC1(CNCc2ncnn2C)CC1. The number of methoxy groups -OCH3 is 1. The van der Waals surface area contributed by atoms with Crippen LogP contribution < -0.4 is 5.32 Å². The monoisotopic (exact) mass is 224 g/mol. The van der Waals surface area contributed by atoms with Crippen LogP contribution in [0.4, 0.5) is 0 Å². The van der Waals surface area contributed by atoms with Crippen molar-refractivity contribution in [1.29, 1.82) is 0 Å². The molecule has 0 radical (unpaired) electrons. The smallest absolute Gasteiger partial charge is 0.140 e. The Labute approximate surface area is 96.2 Å². The minimum atomic E-state index is 0.495. The number of aromatic nitrogens is 3. The molecule has 1 heterocycles. The quantitative estimate of drug-likeness (QED) is 0.741. The molecule has 0 amide bonds. The van der Waals surface area contributed by atoms with Crippen molar-refractivity contribution in [2.24, 2.45) is 12.5 Å².